The average Bonchev–Trinajstić information content (AvgIpc) is 3.47. The van der Waals surface area contributed by atoms with E-state index in [1.165, 1.54) is 34.6 Å². The second-order valence-corrected chi connectivity index (χ2v) is 10.5. The van der Waals surface area contributed by atoms with Crippen LogP contribution in [0.15, 0.2) is 90.1 Å². The molecular formula is C31H27N7O5S. The van der Waals surface area contributed by atoms with Crippen molar-refractivity contribution in [2.75, 3.05) is 11.9 Å². The Morgan fingerprint density at radius 2 is 1.68 bits per heavy atom. The molecule has 0 unspecified atom stereocenters. The van der Waals surface area contributed by atoms with Gasteiger partial charge in [-0.1, -0.05) is 77.6 Å². The van der Waals surface area contributed by atoms with Gasteiger partial charge in [-0.15, -0.1) is 15.3 Å². The summed E-state index contributed by atoms with van der Waals surface area (Å²) in [7, 11) is 0. The van der Waals surface area contributed by atoms with Gasteiger partial charge in [-0.25, -0.2) is 9.48 Å². The first-order chi connectivity index (χ1) is 21.3. The molecule has 3 aromatic carbocycles. The number of nitrogens with one attached hydrogen (secondary N) is 1. The third-order valence-electron chi connectivity index (χ3n) is 6.46. The monoisotopic (exact) mass is 609 g/mol. The number of anilines is 1. The SMILES string of the molecule is CCOC(=O)c1c(SCc2cn(CC(=O)Nc3ccc([N+](=O)[O-])c(C)c3)nn2)nnc(-c2ccccc2)c1-c1ccccc1. The highest BCUT2D eigenvalue weighted by Crippen LogP contribution is 2.38. The molecule has 13 heteroatoms. The van der Waals surface area contributed by atoms with Crippen molar-refractivity contribution in [1.29, 1.82) is 0 Å². The van der Waals surface area contributed by atoms with E-state index in [2.05, 4.69) is 25.8 Å². The number of carbonyl (C=O) groups excluding carboxylic acids is 2. The maximum Gasteiger partial charge on any atom is 0.341 e. The largest absolute Gasteiger partial charge is 0.462 e. The van der Waals surface area contributed by atoms with Crippen LogP contribution in [0.2, 0.25) is 0 Å². The lowest BCUT2D eigenvalue weighted by Crippen LogP contribution is -2.19. The molecule has 0 atom stereocenters. The number of carbonyl (C=O) groups is 2. The Bertz CT molecular complexity index is 1810. The van der Waals surface area contributed by atoms with E-state index in [-0.39, 0.29) is 24.7 Å². The van der Waals surface area contributed by atoms with Crippen LogP contribution in [0.25, 0.3) is 22.4 Å². The first kappa shape index (κ1) is 30.0. The highest BCUT2D eigenvalue weighted by Gasteiger charge is 2.26. The molecule has 0 aliphatic rings. The Hall–Kier alpha value is -5.43. The number of hydrogen-bond donors (Lipinski definition) is 1. The maximum atomic E-state index is 13.4. The standard InChI is InChI=1S/C31H27N7O5S/c1-3-43-31(40)28-27(21-10-6-4-7-11-21)29(22-12-8-5-9-13-22)34-35-30(28)44-19-24-17-37(36-33-24)18-26(39)32-23-14-15-25(38(41)42)20(2)16-23/h4-17H,3,18-19H2,1-2H3,(H,32,39). The van der Waals surface area contributed by atoms with Gasteiger partial charge in [0.15, 0.2) is 0 Å². The minimum absolute atomic E-state index is 0.0252. The van der Waals surface area contributed by atoms with Gasteiger partial charge in [0.05, 0.1) is 17.2 Å². The summed E-state index contributed by atoms with van der Waals surface area (Å²) in [5.74, 6) is -0.590. The van der Waals surface area contributed by atoms with Crippen molar-refractivity contribution in [3.63, 3.8) is 0 Å². The molecule has 1 N–H and O–H groups in total. The zero-order valence-electron chi connectivity index (χ0n) is 23.8. The number of benzene rings is 3. The Kier molecular flexibility index (Phi) is 9.35. The molecule has 12 nitrogen and oxygen atoms in total. The molecule has 1 amide bonds. The third kappa shape index (κ3) is 6.95. The Balaban J connectivity index is 1.37. The van der Waals surface area contributed by atoms with E-state index in [0.29, 0.717) is 44.5 Å². The second kappa shape index (κ2) is 13.7. The molecule has 5 aromatic rings. The van der Waals surface area contributed by atoms with Crippen molar-refractivity contribution in [2.45, 2.75) is 31.2 Å². The molecule has 5 rings (SSSR count). The fourth-order valence-corrected chi connectivity index (χ4v) is 5.35. The van der Waals surface area contributed by atoms with Gasteiger partial charge in [0.2, 0.25) is 5.91 Å². The van der Waals surface area contributed by atoms with Crippen LogP contribution in [0.3, 0.4) is 0 Å². The molecule has 0 aliphatic carbocycles. The van der Waals surface area contributed by atoms with Crippen molar-refractivity contribution in [3.05, 3.63) is 112 Å². The summed E-state index contributed by atoms with van der Waals surface area (Å²) in [6.07, 6.45) is 1.63. The Labute approximate surface area is 256 Å². The van der Waals surface area contributed by atoms with Gasteiger partial charge in [0.1, 0.15) is 22.8 Å². The topological polar surface area (TPSA) is 155 Å². The zero-order chi connectivity index (χ0) is 31.1. The molecule has 0 saturated carbocycles. The number of amides is 1. The predicted octanol–water partition coefficient (Wildman–Crippen LogP) is 5.73. The lowest BCUT2D eigenvalue weighted by atomic mass is 9.96. The Morgan fingerprint density at radius 3 is 2.34 bits per heavy atom. The van der Waals surface area contributed by atoms with E-state index in [0.717, 1.165) is 11.1 Å². The molecule has 0 saturated heterocycles. The van der Waals surface area contributed by atoms with Crippen LogP contribution in [-0.4, -0.2) is 48.6 Å². The third-order valence-corrected chi connectivity index (χ3v) is 7.46. The van der Waals surface area contributed by atoms with E-state index in [1.807, 2.05) is 60.7 Å². The van der Waals surface area contributed by atoms with Crippen molar-refractivity contribution < 1.29 is 19.2 Å². The first-order valence-corrected chi connectivity index (χ1v) is 14.6. The van der Waals surface area contributed by atoms with Crippen molar-refractivity contribution in [1.82, 2.24) is 25.2 Å². The molecule has 0 radical (unpaired) electrons. The van der Waals surface area contributed by atoms with Crippen LogP contribution < -0.4 is 5.32 Å². The molecule has 2 aromatic heterocycles. The number of esters is 1. The fraction of sp³-hybridized carbons (Fsp3) is 0.161. The molecule has 222 valence electrons. The van der Waals surface area contributed by atoms with E-state index in [9.17, 15) is 19.7 Å². The normalized spacial score (nSPS) is 10.8. The number of aromatic nitrogens is 5. The quantitative estimate of drug-likeness (QED) is 0.0850. The summed E-state index contributed by atoms with van der Waals surface area (Å²) in [5.41, 5.74) is 4.50. The Morgan fingerprint density at radius 1 is 0.977 bits per heavy atom. The fourth-order valence-electron chi connectivity index (χ4n) is 4.51. The highest BCUT2D eigenvalue weighted by molar-refractivity contribution is 7.98. The van der Waals surface area contributed by atoms with Crippen LogP contribution >= 0.6 is 11.8 Å². The number of nitro groups is 1. The minimum Gasteiger partial charge on any atom is -0.462 e. The maximum absolute atomic E-state index is 13.4. The van der Waals surface area contributed by atoms with Crippen LogP contribution in [-0.2, 0) is 21.8 Å². The van der Waals surface area contributed by atoms with Gasteiger partial charge in [-0.05, 0) is 31.5 Å². The van der Waals surface area contributed by atoms with Gasteiger partial charge in [0, 0.05) is 40.4 Å². The summed E-state index contributed by atoms with van der Waals surface area (Å²) in [6, 6.07) is 23.4. The van der Waals surface area contributed by atoms with Crippen molar-refractivity contribution >= 4 is 35.0 Å². The molecule has 0 aliphatic heterocycles. The minimum atomic E-state index is -0.511. The van der Waals surface area contributed by atoms with E-state index in [4.69, 9.17) is 4.74 Å². The van der Waals surface area contributed by atoms with Crippen molar-refractivity contribution in [3.8, 4) is 22.4 Å². The van der Waals surface area contributed by atoms with E-state index >= 15 is 0 Å². The van der Waals surface area contributed by atoms with Gasteiger partial charge < -0.3 is 10.1 Å². The number of nitrogens with zero attached hydrogens (tertiary/aromatic N) is 6. The molecule has 44 heavy (non-hydrogen) atoms. The van der Waals surface area contributed by atoms with Crippen LogP contribution in [0.4, 0.5) is 11.4 Å². The van der Waals surface area contributed by atoms with Gasteiger partial charge in [-0.2, -0.15) is 0 Å². The number of aryl methyl sites for hydroxylation is 1. The molecular weight excluding hydrogens is 582 g/mol. The summed E-state index contributed by atoms with van der Waals surface area (Å²) in [5, 5.41) is 31.3. The van der Waals surface area contributed by atoms with Gasteiger partial charge in [0.25, 0.3) is 5.69 Å². The first-order valence-electron chi connectivity index (χ1n) is 13.6. The van der Waals surface area contributed by atoms with Crippen molar-refractivity contribution in [2.24, 2.45) is 0 Å². The van der Waals surface area contributed by atoms with Crippen LogP contribution in [0.5, 0.6) is 0 Å². The average molecular weight is 610 g/mol. The number of thioether (sulfide) groups is 1. The summed E-state index contributed by atoms with van der Waals surface area (Å²) >= 11 is 1.26. The van der Waals surface area contributed by atoms with Crippen LogP contribution in [0.1, 0.15) is 28.5 Å². The zero-order valence-corrected chi connectivity index (χ0v) is 24.7. The van der Waals surface area contributed by atoms with Gasteiger partial charge in [-0.3, -0.25) is 14.9 Å². The highest BCUT2D eigenvalue weighted by atomic mass is 32.2. The smallest absolute Gasteiger partial charge is 0.341 e. The van der Waals surface area contributed by atoms with E-state index in [1.54, 1.807) is 20.0 Å². The summed E-state index contributed by atoms with van der Waals surface area (Å²) in [4.78, 5) is 36.6. The van der Waals surface area contributed by atoms with E-state index < -0.39 is 10.9 Å². The molecule has 2 heterocycles. The summed E-state index contributed by atoms with van der Waals surface area (Å²) in [6.45, 7) is 3.42. The molecule has 0 bridgehead atoms. The lowest BCUT2D eigenvalue weighted by Gasteiger charge is -2.16. The molecule has 0 fully saturated rings. The second-order valence-electron chi connectivity index (χ2n) is 9.56. The number of ether oxygens (including phenoxy) is 1. The number of rotatable bonds is 11. The summed E-state index contributed by atoms with van der Waals surface area (Å²) < 4.78 is 6.85. The van der Waals surface area contributed by atoms with Crippen LogP contribution in [0, 0.1) is 17.0 Å². The number of nitro benzene ring substituents is 1. The predicted molar refractivity (Wildman–Crippen MR) is 165 cm³/mol. The number of hydrogen-bond acceptors (Lipinski definition) is 10. The molecule has 0 spiro atoms. The van der Waals surface area contributed by atoms with Gasteiger partial charge >= 0.3 is 5.97 Å². The lowest BCUT2D eigenvalue weighted by molar-refractivity contribution is -0.385.